The molecule has 7 nitrogen and oxygen atoms in total. The first-order chi connectivity index (χ1) is 16.9. The van der Waals surface area contributed by atoms with Gasteiger partial charge in [0.05, 0.1) is 17.7 Å². The normalized spacial score (nSPS) is 22.2. The fourth-order valence-electron chi connectivity index (χ4n) is 5.36. The number of amides is 2. The molecule has 2 heterocycles. The van der Waals surface area contributed by atoms with Gasteiger partial charge in [-0.05, 0) is 24.3 Å². The van der Waals surface area contributed by atoms with E-state index in [0.717, 1.165) is 12.0 Å². The summed E-state index contributed by atoms with van der Waals surface area (Å²) in [6.07, 6.45) is 5.33. The highest BCUT2D eigenvalue weighted by Gasteiger charge is 2.49. The van der Waals surface area contributed by atoms with Crippen LogP contribution < -0.4 is 5.56 Å². The minimum Gasteiger partial charge on any atom is -0.387 e. The Hall–Kier alpha value is -2.93. The third kappa shape index (κ3) is 5.26. The monoisotopic (exact) mass is 493 g/mol. The Labute approximate surface area is 213 Å². The highest BCUT2D eigenvalue weighted by atomic mass is 16.3. The van der Waals surface area contributed by atoms with Gasteiger partial charge in [-0.15, -0.1) is 0 Å². The third-order valence-electron chi connectivity index (χ3n) is 8.04. The van der Waals surface area contributed by atoms with Gasteiger partial charge in [0.1, 0.15) is 0 Å². The number of pyridine rings is 1. The van der Waals surface area contributed by atoms with E-state index in [1.165, 1.54) is 28.4 Å². The van der Waals surface area contributed by atoms with Crippen LogP contribution in [0.1, 0.15) is 56.8 Å². The van der Waals surface area contributed by atoms with Gasteiger partial charge in [-0.3, -0.25) is 14.4 Å². The van der Waals surface area contributed by atoms with E-state index in [0.29, 0.717) is 36.6 Å². The van der Waals surface area contributed by atoms with Gasteiger partial charge < -0.3 is 19.5 Å². The van der Waals surface area contributed by atoms with Crippen molar-refractivity contribution in [2.45, 2.75) is 58.6 Å². The van der Waals surface area contributed by atoms with Crippen molar-refractivity contribution in [2.75, 3.05) is 27.2 Å². The largest absolute Gasteiger partial charge is 0.387 e. The molecular weight excluding hydrogens is 454 g/mol. The first kappa shape index (κ1) is 26.1. The number of likely N-dealkylation sites (tertiary alicyclic amines) is 1. The number of piperidine rings is 1. The average molecular weight is 494 g/mol. The van der Waals surface area contributed by atoms with Crippen LogP contribution in [0.2, 0.25) is 0 Å². The fraction of sp³-hybridized carbons (Fsp3) is 0.552. The van der Waals surface area contributed by atoms with Gasteiger partial charge in [-0.25, -0.2) is 0 Å². The molecule has 2 aliphatic rings. The Morgan fingerprint density at radius 3 is 2.42 bits per heavy atom. The molecule has 0 bridgehead atoms. The topological polar surface area (TPSA) is 82.8 Å². The number of hydrogen-bond acceptors (Lipinski definition) is 4. The summed E-state index contributed by atoms with van der Waals surface area (Å²) in [4.78, 5) is 42.7. The molecular formula is C29H39N3O4. The summed E-state index contributed by atoms with van der Waals surface area (Å²) in [5, 5.41) is 11.8. The Morgan fingerprint density at radius 2 is 1.83 bits per heavy atom. The van der Waals surface area contributed by atoms with Crippen molar-refractivity contribution in [3.63, 3.8) is 0 Å². The Kier molecular flexibility index (Phi) is 7.15. The van der Waals surface area contributed by atoms with E-state index in [-0.39, 0.29) is 29.8 Å². The maximum atomic E-state index is 13.2. The van der Waals surface area contributed by atoms with Gasteiger partial charge in [0.15, 0.2) is 0 Å². The second kappa shape index (κ2) is 9.85. The molecule has 1 unspecified atom stereocenters. The average Bonchev–Trinajstić information content (AvgIpc) is 3.65. The maximum absolute atomic E-state index is 13.2. The first-order valence-electron chi connectivity index (χ1n) is 12.9. The molecule has 7 heteroatoms. The van der Waals surface area contributed by atoms with Gasteiger partial charge in [0.2, 0.25) is 5.91 Å². The molecule has 2 fully saturated rings. The highest BCUT2D eigenvalue weighted by molar-refractivity contribution is 6.00. The zero-order chi connectivity index (χ0) is 26.3. The number of rotatable bonds is 7. The van der Waals surface area contributed by atoms with Gasteiger partial charge in [0, 0.05) is 56.3 Å². The van der Waals surface area contributed by atoms with Crippen molar-refractivity contribution in [2.24, 2.45) is 17.3 Å². The number of hydrogen-bond donors (Lipinski definition) is 1. The van der Waals surface area contributed by atoms with Crippen molar-refractivity contribution < 1.29 is 14.7 Å². The lowest BCUT2D eigenvalue weighted by atomic mass is 9.69. The van der Waals surface area contributed by atoms with Gasteiger partial charge >= 0.3 is 0 Å². The Morgan fingerprint density at radius 1 is 1.17 bits per heavy atom. The highest BCUT2D eigenvalue weighted by Crippen LogP contribution is 2.41. The van der Waals surface area contributed by atoms with Crippen molar-refractivity contribution in [3.05, 3.63) is 58.5 Å². The van der Waals surface area contributed by atoms with Crippen LogP contribution in [0.25, 0.3) is 11.1 Å². The second-order valence-corrected chi connectivity index (χ2v) is 11.6. The molecule has 194 valence electrons. The lowest BCUT2D eigenvalue weighted by Gasteiger charge is -2.50. The molecule has 1 N–H and O–H groups in total. The van der Waals surface area contributed by atoms with Crippen molar-refractivity contribution in [3.8, 4) is 11.1 Å². The SMILES string of the molecule is C[C@H](CC1CC1)C(=O)N1CCC(O)(Cn2cc(C(=O)N(C)C)c(-c3ccccc3)cc2=O)C(C)(C)C1. The summed E-state index contributed by atoms with van der Waals surface area (Å²) >= 11 is 0. The van der Waals surface area contributed by atoms with Crippen LogP contribution in [0.5, 0.6) is 0 Å². The van der Waals surface area contributed by atoms with E-state index in [1.807, 2.05) is 56.0 Å². The Balaban J connectivity index is 1.60. The van der Waals surface area contributed by atoms with E-state index < -0.39 is 11.0 Å². The summed E-state index contributed by atoms with van der Waals surface area (Å²) in [7, 11) is 3.36. The van der Waals surface area contributed by atoms with E-state index >= 15 is 0 Å². The summed E-state index contributed by atoms with van der Waals surface area (Å²) in [6.45, 7) is 6.85. The number of nitrogens with zero attached hydrogens (tertiary/aromatic N) is 3. The molecule has 1 aliphatic carbocycles. The predicted molar refractivity (Wildman–Crippen MR) is 141 cm³/mol. The van der Waals surface area contributed by atoms with E-state index in [9.17, 15) is 19.5 Å². The number of benzene rings is 1. The van der Waals surface area contributed by atoms with Crippen LogP contribution in [0, 0.1) is 17.3 Å². The molecule has 0 radical (unpaired) electrons. The van der Waals surface area contributed by atoms with E-state index in [1.54, 1.807) is 20.3 Å². The number of carbonyl (C=O) groups is 2. The molecule has 1 aromatic heterocycles. The molecule has 2 aromatic rings. The molecule has 1 aromatic carbocycles. The van der Waals surface area contributed by atoms with Crippen LogP contribution in [-0.4, -0.2) is 64.1 Å². The fourth-order valence-corrected chi connectivity index (χ4v) is 5.36. The lowest BCUT2D eigenvalue weighted by molar-refractivity contribution is -0.157. The number of aromatic nitrogens is 1. The minimum atomic E-state index is -1.21. The molecule has 1 saturated heterocycles. The van der Waals surface area contributed by atoms with Crippen molar-refractivity contribution >= 4 is 11.8 Å². The molecule has 36 heavy (non-hydrogen) atoms. The number of carbonyl (C=O) groups excluding carboxylic acids is 2. The predicted octanol–water partition coefficient (Wildman–Crippen LogP) is 3.64. The lowest BCUT2D eigenvalue weighted by Crippen LogP contribution is -2.61. The van der Waals surface area contributed by atoms with Crippen LogP contribution in [0.4, 0.5) is 0 Å². The molecule has 2 atom stereocenters. The van der Waals surface area contributed by atoms with Crippen LogP contribution in [-0.2, 0) is 11.3 Å². The molecule has 4 rings (SSSR count). The summed E-state index contributed by atoms with van der Waals surface area (Å²) < 4.78 is 1.46. The van der Waals surface area contributed by atoms with E-state index in [2.05, 4.69) is 0 Å². The summed E-state index contributed by atoms with van der Waals surface area (Å²) in [5.41, 5.74) is -0.340. The van der Waals surface area contributed by atoms with Crippen LogP contribution in [0.3, 0.4) is 0 Å². The van der Waals surface area contributed by atoms with Crippen LogP contribution in [0.15, 0.2) is 47.4 Å². The second-order valence-electron chi connectivity index (χ2n) is 11.6. The van der Waals surface area contributed by atoms with Gasteiger partial charge in [-0.2, -0.15) is 0 Å². The quantitative estimate of drug-likeness (QED) is 0.638. The van der Waals surface area contributed by atoms with Crippen LogP contribution >= 0.6 is 0 Å². The minimum absolute atomic E-state index is 0.00718. The smallest absolute Gasteiger partial charge is 0.255 e. The third-order valence-corrected chi connectivity index (χ3v) is 8.04. The maximum Gasteiger partial charge on any atom is 0.255 e. The molecule has 0 spiro atoms. The van der Waals surface area contributed by atoms with Gasteiger partial charge in [0.25, 0.3) is 11.5 Å². The van der Waals surface area contributed by atoms with E-state index in [4.69, 9.17) is 0 Å². The zero-order valence-corrected chi connectivity index (χ0v) is 22.2. The number of aliphatic hydroxyl groups is 1. The summed E-state index contributed by atoms with van der Waals surface area (Å²) in [5.74, 6) is 0.620. The van der Waals surface area contributed by atoms with Gasteiger partial charge in [-0.1, -0.05) is 63.9 Å². The molecule has 2 amide bonds. The molecule has 1 aliphatic heterocycles. The molecule has 1 saturated carbocycles. The zero-order valence-electron chi connectivity index (χ0n) is 22.2. The first-order valence-corrected chi connectivity index (χ1v) is 12.9. The van der Waals surface area contributed by atoms with Crippen molar-refractivity contribution in [1.82, 2.24) is 14.4 Å². The standard InChI is InChI=1S/C29H39N3O4/c1-20(15-21-11-12-21)26(34)31-14-13-29(36,28(2,3)18-31)19-32-17-24(27(35)30(4)5)23(16-25(32)33)22-9-7-6-8-10-22/h6-10,16-17,20-21,36H,11-15,18-19H2,1-5H3/t20-,29?/m1/s1. The van der Waals surface area contributed by atoms with Crippen molar-refractivity contribution in [1.29, 1.82) is 0 Å². The Bertz CT molecular complexity index is 1180. The summed E-state index contributed by atoms with van der Waals surface area (Å²) in [6, 6.07) is 10.9.